The van der Waals surface area contributed by atoms with Gasteiger partial charge < -0.3 is 52.2 Å². The van der Waals surface area contributed by atoms with Gasteiger partial charge in [0.15, 0.2) is 5.96 Å². The van der Waals surface area contributed by atoms with E-state index in [4.69, 9.17) is 15.2 Å². The number of nitrogens with one attached hydrogen (secondary N) is 6. The highest BCUT2D eigenvalue weighted by Gasteiger charge is 2.34. The smallest absolute Gasteiger partial charge is 0.407 e. The van der Waals surface area contributed by atoms with Crippen LogP contribution in [0.25, 0.3) is 0 Å². The normalized spacial score (nSPS) is 13.6. The molecule has 17 heteroatoms. The molecule has 0 aliphatic carbocycles. The highest BCUT2D eigenvalue weighted by atomic mass is 16.6. The number of ether oxygens (including phenoxy) is 2. The first-order valence-corrected chi connectivity index (χ1v) is 20.2. The lowest BCUT2D eigenvalue weighted by Gasteiger charge is -2.29. The summed E-state index contributed by atoms with van der Waals surface area (Å²) < 4.78 is 11.3. The number of nitrogens with zero attached hydrogens (tertiary/aromatic N) is 2. The van der Waals surface area contributed by atoms with Crippen LogP contribution in [0.1, 0.15) is 81.7 Å². The Labute approximate surface area is 351 Å². The predicted octanol–water partition coefficient (Wildman–Crippen LogP) is 3.46. The zero-order valence-corrected chi connectivity index (χ0v) is 34.8. The number of rotatable bonds is 20. The summed E-state index contributed by atoms with van der Waals surface area (Å²) in [5, 5.41) is 26.4. The van der Waals surface area contributed by atoms with Gasteiger partial charge in [0.2, 0.25) is 17.7 Å². The third-order valence-corrected chi connectivity index (χ3v) is 9.19. The lowest BCUT2D eigenvalue weighted by molar-refractivity contribution is -0.132. The van der Waals surface area contributed by atoms with Gasteiger partial charge in [-0.3, -0.25) is 19.3 Å². The van der Waals surface area contributed by atoms with Crippen molar-refractivity contribution in [1.29, 1.82) is 0 Å². The molecule has 0 radical (unpaired) electrons. The lowest BCUT2D eigenvalue weighted by atomic mass is 10.0. The number of phenols is 1. The summed E-state index contributed by atoms with van der Waals surface area (Å²) in [5.41, 5.74) is 8.97. The van der Waals surface area contributed by atoms with Crippen LogP contribution in [0.5, 0.6) is 11.5 Å². The van der Waals surface area contributed by atoms with E-state index < -0.39 is 35.7 Å². The van der Waals surface area contributed by atoms with E-state index in [2.05, 4.69) is 41.8 Å². The summed E-state index contributed by atoms with van der Waals surface area (Å²) in [6.07, 6.45) is 0.938. The van der Waals surface area contributed by atoms with Crippen molar-refractivity contribution < 1.29 is 38.6 Å². The summed E-state index contributed by atoms with van der Waals surface area (Å²) in [6.45, 7) is 9.64. The van der Waals surface area contributed by atoms with Crippen LogP contribution < -0.4 is 42.4 Å². The molecule has 0 unspecified atom stereocenters. The van der Waals surface area contributed by atoms with Gasteiger partial charge in [0.1, 0.15) is 29.2 Å². The Morgan fingerprint density at radius 1 is 0.817 bits per heavy atom. The van der Waals surface area contributed by atoms with E-state index in [9.17, 15) is 29.1 Å². The monoisotopic (exact) mass is 829 g/mol. The molecule has 2 atom stereocenters. The molecule has 1 aliphatic rings. The number of urea groups is 1. The molecule has 17 nitrogen and oxygen atoms in total. The quantitative estimate of drug-likeness (QED) is 0.0466. The van der Waals surface area contributed by atoms with Crippen LogP contribution in [0.3, 0.4) is 0 Å². The molecule has 324 valence electrons. The first-order valence-electron chi connectivity index (χ1n) is 20.2. The van der Waals surface area contributed by atoms with E-state index in [0.717, 1.165) is 16.7 Å². The van der Waals surface area contributed by atoms with Gasteiger partial charge in [0.25, 0.3) is 0 Å². The van der Waals surface area contributed by atoms with E-state index in [1.165, 1.54) is 12.1 Å². The van der Waals surface area contributed by atoms with Crippen molar-refractivity contribution >= 4 is 35.8 Å². The highest BCUT2D eigenvalue weighted by molar-refractivity contribution is 5.92. The lowest BCUT2D eigenvalue weighted by Crippen LogP contribution is -2.50. The number of hydrogen-bond acceptors (Lipinski definition) is 9. The van der Waals surface area contributed by atoms with Gasteiger partial charge in [-0.25, -0.2) is 9.59 Å². The van der Waals surface area contributed by atoms with Crippen LogP contribution in [0.4, 0.5) is 9.59 Å². The van der Waals surface area contributed by atoms with Crippen LogP contribution in [-0.4, -0.2) is 90.2 Å². The largest absolute Gasteiger partial charge is 0.508 e. The molecule has 3 aromatic carbocycles. The van der Waals surface area contributed by atoms with Crippen molar-refractivity contribution in [1.82, 2.24) is 36.8 Å². The number of alkyl carbamates (subject to hydrolysis) is 1. The first kappa shape index (κ1) is 46.3. The van der Waals surface area contributed by atoms with E-state index in [0.29, 0.717) is 56.8 Å². The molecule has 4 rings (SSSR count). The van der Waals surface area contributed by atoms with Gasteiger partial charge in [-0.2, -0.15) is 4.99 Å². The number of nitrogens with two attached hydrogens (primary N) is 1. The average molecular weight is 830 g/mol. The fourth-order valence-corrected chi connectivity index (χ4v) is 6.26. The molecule has 3 aromatic rings. The number of phenolic OH excluding ortho intramolecular Hbond substituents is 1. The highest BCUT2D eigenvalue weighted by Crippen LogP contribution is 2.33. The summed E-state index contributed by atoms with van der Waals surface area (Å²) >= 11 is 0. The molecule has 0 bridgehead atoms. The Hall–Kier alpha value is -6.36. The molecular weight excluding hydrogens is 771 g/mol. The van der Waals surface area contributed by atoms with Gasteiger partial charge in [-0.05, 0) is 86.6 Å². The van der Waals surface area contributed by atoms with Crippen LogP contribution in [0, 0.1) is 0 Å². The summed E-state index contributed by atoms with van der Waals surface area (Å²) in [6, 6.07) is 19.3. The predicted molar refractivity (Wildman–Crippen MR) is 227 cm³/mol. The van der Waals surface area contributed by atoms with Crippen LogP contribution in [-0.2, 0) is 38.8 Å². The Bertz CT molecular complexity index is 1910. The van der Waals surface area contributed by atoms with Gasteiger partial charge >= 0.3 is 12.1 Å². The number of carbonyl (C=O) groups excluding carboxylic acids is 5. The van der Waals surface area contributed by atoms with Crippen molar-refractivity contribution in [3.63, 3.8) is 0 Å². The fourth-order valence-electron chi connectivity index (χ4n) is 6.26. The average Bonchev–Trinajstić information content (AvgIpc) is 3.63. The minimum absolute atomic E-state index is 0.100. The number of aromatic hydroxyl groups is 1. The first-order chi connectivity index (χ1) is 28.7. The summed E-state index contributed by atoms with van der Waals surface area (Å²) in [5.74, 6) is -0.404. The number of fused-ring (bicyclic) bond motifs is 1. The maximum atomic E-state index is 14.5. The molecule has 0 fully saturated rings. The molecule has 9 N–H and O–H groups in total. The summed E-state index contributed by atoms with van der Waals surface area (Å²) in [4.78, 5) is 69.7. The second kappa shape index (κ2) is 23.3. The van der Waals surface area contributed by atoms with E-state index in [1.807, 2.05) is 42.5 Å². The van der Waals surface area contributed by atoms with Crippen LogP contribution in [0.15, 0.2) is 77.8 Å². The van der Waals surface area contributed by atoms with Crippen molar-refractivity contribution in [3.8, 4) is 11.5 Å². The van der Waals surface area contributed by atoms with Crippen molar-refractivity contribution in [2.75, 3.05) is 32.8 Å². The Balaban J connectivity index is 1.45. The standard InChI is InChI=1S/C43H59N9O8/c1-5-36(54)45-22-23-47-41(57)51-40(44)46-20-9-15-35(38(55)49-26-29-16-18-33(53)19-17-29)50-39(56)37(52-27-31-11-6-7-12-32(31)28-52)30-13-8-14-34(25-30)59-24-10-21-48-42(58)60-43(2,3)4/h6-8,11-14,16-19,25,35,37,53H,5,9-10,15,20-24,26-28H2,1-4H3,(H,45,54)(H,48,58)(H,49,55)(H,50,56)(H4,44,46,47,51,57)/t35-,37+/m1/s1. The summed E-state index contributed by atoms with van der Waals surface area (Å²) in [7, 11) is 0. The van der Waals surface area contributed by atoms with Crippen molar-refractivity contribution in [2.24, 2.45) is 10.7 Å². The molecular formula is C43H59N9O8. The maximum absolute atomic E-state index is 14.5. The van der Waals surface area contributed by atoms with Crippen LogP contribution in [0.2, 0.25) is 0 Å². The second-order valence-corrected chi connectivity index (χ2v) is 15.2. The minimum Gasteiger partial charge on any atom is -0.508 e. The zero-order chi connectivity index (χ0) is 43.5. The number of aliphatic imine (C=N–C) groups is 1. The van der Waals surface area contributed by atoms with Gasteiger partial charge in [0, 0.05) is 52.2 Å². The Morgan fingerprint density at radius 2 is 1.50 bits per heavy atom. The van der Waals surface area contributed by atoms with E-state index in [-0.39, 0.29) is 56.1 Å². The molecule has 0 saturated carbocycles. The molecule has 60 heavy (non-hydrogen) atoms. The molecule has 0 spiro atoms. The molecule has 0 saturated heterocycles. The zero-order valence-electron chi connectivity index (χ0n) is 34.8. The molecule has 1 heterocycles. The second-order valence-electron chi connectivity index (χ2n) is 15.2. The van der Waals surface area contributed by atoms with Gasteiger partial charge in [-0.1, -0.05) is 55.5 Å². The number of amides is 6. The Morgan fingerprint density at radius 3 is 2.18 bits per heavy atom. The molecule has 1 aliphatic heterocycles. The van der Waals surface area contributed by atoms with Crippen LogP contribution >= 0.6 is 0 Å². The van der Waals surface area contributed by atoms with E-state index >= 15 is 0 Å². The molecule has 6 amide bonds. The number of benzene rings is 3. The minimum atomic E-state index is -0.958. The number of carbonyl (C=O) groups is 5. The maximum Gasteiger partial charge on any atom is 0.407 e. The third-order valence-electron chi connectivity index (χ3n) is 9.19. The number of guanidine groups is 1. The van der Waals surface area contributed by atoms with E-state index in [1.54, 1.807) is 45.9 Å². The van der Waals surface area contributed by atoms with Gasteiger partial charge in [0.05, 0.1) is 6.61 Å². The molecule has 0 aromatic heterocycles. The topological polar surface area (TPSA) is 238 Å². The van der Waals surface area contributed by atoms with Crippen molar-refractivity contribution in [2.45, 2.75) is 90.7 Å². The van der Waals surface area contributed by atoms with Gasteiger partial charge in [-0.15, -0.1) is 0 Å². The fraction of sp³-hybridized carbons (Fsp3) is 0.442. The number of hydrogen-bond donors (Lipinski definition) is 8. The Kier molecular flexibility index (Phi) is 18.0. The SMILES string of the molecule is CCC(=O)NCCNC(=O)/N=C(/N)NCCC[C@@H](NC(=O)[C@H](c1cccc(OCCCNC(=O)OC(C)(C)C)c1)N1Cc2ccccc2C1)C(=O)NCc1ccc(O)cc1. The third kappa shape index (κ3) is 16.1. The van der Waals surface area contributed by atoms with Crippen molar-refractivity contribution in [3.05, 3.63) is 95.1 Å².